The van der Waals surface area contributed by atoms with E-state index in [9.17, 15) is 9.18 Å². The zero-order chi connectivity index (χ0) is 11.3. The number of rotatable bonds is 5. The van der Waals surface area contributed by atoms with Gasteiger partial charge in [0.15, 0.2) is 0 Å². The molecule has 6 heteroatoms. The molecule has 3 N–H and O–H groups in total. The van der Waals surface area contributed by atoms with Gasteiger partial charge in [0.05, 0.1) is 6.04 Å². The van der Waals surface area contributed by atoms with Crippen LogP contribution in [0.4, 0.5) is 10.2 Å². The Balaban J connectivity index is 2.87. The van der Waals surface area contributed by atoms with Gasteiger partial charge in [0.2, 0.25) is 0 Å². The van der Waals surface area contributed by atoms with E-state index in [0.717, 1.165) is 0 Å². The molecule has 84 valence electrons. The summed E-state index contributed by atoms with van der Waals surface area (Å²) in [5, 5.41) is 8.63. The van der Waals surface area contributed by atoms with Crippen LogP contribution in [0, 0.1) is 0 Å². The number of aliphatic hydroxyl groups is 1. The molecule has 1 aromatic heterocycles. The van der Waals surface area contributed by atoms with Crippen molar-refractivity contribution in [1.82, 2.24) is 9.55 Å². The third-order valence-corrected chi connectivity index (χ3v) is 2.12. The minimum absolute atomic E-state index is 0.0202. The van der Waals surface area contributed by atoms with Gasteiger partial charge >= 0.3 is 5.69 Å². The summed E-state index contributed by atoms with van der Waals surface area (Å²) in [4.78, 5) is 14.9. The normalized spacial score (nSPS) is 12.7. The predicted octanol–water partition coefficient (Wildman–Crippen LogP) is 0.109. The molecular formula is C9H14FN3O2. The fourth-order valence-corrected chi connectivity index (χ4v) is 1.32. The lowest BCUT2D eigenvalue weighted by Crippen LogP contribution is -2.28. The molecule has 0 aromatic carbocycles. The smallest absolute Gasteiger partial charge is 0.349 e. The molecule has 0 amide bonds. The third-order valence-electron chi connectivity index (χ3n) is 2.12. The van der Waals surface area contributed by atoms with Crippen molar-refractivity contribution in [2.75, 3.05) is 19.0 Å². The van der Waals surface area contributed by atoms with E-state index in [2.05, 4.69) is 4.98 Å². The summed E-state index contributed by atoms with van der Waals surface area (Å²) in [6, 6.07) is 0.876. The Morgan fingerprint density at radius 1 is 1.67 bits per heavy atom. The van der Waals surface area contributed by atoms with Gasteiger partial charge in [0, 0.05) is 12.8 Å². The second-order valence-electron chi connectivity index (χ2n) is 3.22. The molecule has 0 aliphatic rings. The maximum atomic E-state index is 12.6. The molecule has 15 heavy (non-hydrogen) atoms. The summed E-state index contributed by atoms with van der Waals surface area (Å²) in [6.45, 7) is -0.681. The lowest BCUT2D eigenvalue weighted by molar-refractivity contribution is 0.255. The van der Waals surface area contributed by atoms with Gasteiger partial charge in [-0.15, -0.1) is 0 Å². The van der Waals surface area contributed by atoms with Crippen molar-refractivity contribution in [3.63, 3.8) is 0 Å². The molecule has 0 aliphatic carbocycles. The van der Waals surface area contributed by atoms with Gasteiger partial charge in [0.1, 0.15) is 12.5 Å². The fourth-order valence-electron chi connectivity index (χ4n) is 1.32. The molecule has 0 aliphatic heterocycles. The van der Waals surface area contributed by atoms with Crippen molar-refractivity contribution >= 4 is 5.82 Å². The number of hydrogen-bond donors (Lipinski definition) is 2. The molecule has 0 radical (unpaired) electrons. The first-order valence-electron chi connectivity index (χ1n) is 4.70. The summed E-state index contributed by atoms with van der Waals surface area (Å²) in [5.74, 6) is 0.121. The van der Waals surface area contributed by atoms with Crippen LogP contribution >= 0.6 is 0 Å². The first kappa shape index (κ1) is 11.6. The lowest BCUT2D eigenvalue weighted by Gasteiger charge is -2.15. The Hall–Kier alpha value is -1.43. The van der Waals surface area contributed by atoms with Crippen LogP contribution in [-0.2, 0) is 0 Å². The van der Waals surface area contributed by atoms with Crippen LogP contribution in [0.5, 0.6) is 0 Å². The molecule has 1 heterocycles. The van der Waals surface area contributed by atoms with Crippen LogP contribution in [-0.4, -0.2) is 27.9 Å². The second kappa shape index (κ2) is 5.45. The molecule has 1 atom stereocenters. The SMILES string of the molecule is Nc1ccn(C(CF)CCCO)c(=O)n1. The molecule has 0 saturated carbocycles. The lowest BCUT2D eigenvalue weighted by atomic mass is 10.2. The van der Waals surface area contributed by atoms with Gasteiger partial charge in [-0.1, -0.05) is 0 Å². The Morgan fingerprint density at radius 2 is 2.40 bits per heavy atom. The minimum atomic E-state index is -0.661. The standard InChI is InChI=1S/C9H14FN3O2/c10-6-7(2-1-5-14)13-4-3-8(11)12-9(13)15/h3-4,7,14H,1-2,5-6H2,(H2,11,12,15). The number of alkyl halides is 1. The van der Waals surface area contributed by atoms with E-state index < -0.39 is 18.4 Å². The average molecular weight is 215 g/mol. The van der Waals surface area contributed by atoms with Gasteiger partial charge in [-0.05, 0) is 18.9 Å². The highest BCUT2D eigenvalue weighted by Gasteiger charge is 2.12. The first-order chi connectivity index (χ1) is 7.19. The Labute approximate surface area is 86.4 Å². The second-order valence-corrected chi connectivity index (χ2v) is 3.22. The van der Waals surface area contributed by atoms with Gasteiger partial charge < -0.3 is 10.8 Å². The summed E-state index contributed by atoms with van der Waals surface area (Å²) in [7, 11) is 0. The highest BCUT2D eigenvalue weighted by atomic mass is 19.1. The number of hydrogen-bond acceptors (Lipinski definition) is 4. The number of anilines is 1. The van der Waals surface area contributed by atoms with Crippen molar-refractivity contribution in [3.05, 3.63) is 22.7 Å². The van der Waals surface area contributed by atoms with Crippen LogP contribution in [0.25, 0.3) is 0 Å². The average Bonchev–Trinajstić information content (AvgIpc) is 2.21. The van der Waals surface area contributed by atoms with Crippen LogP contribution in [0.1, 0.15) is 18.9 Å². The summed E-state index contributed by atoms with van der Waals surface area (Å²) in [6.07, 6.45) is 2.27. The quantitative estimate of drug-likeness (QED) is 0.730. The van der Waals surface area contributed by atoms with E-state index in [0.29, 0.717) is 12.8 Å². The Morgan fingerprint density at radius 3 is 2.93 bits per heavy atom. The molecule has 1 rings (SSSR count). The summed E-state index contributed by atoms with van der Waals surface area (Å²) >= 11 is 0. The largest absolute Gasteiger partial charge is 0.396 e. The molecule has 0 fully saturated rings. The van der Waals surface area contributed by atoms with Crippen LogP contribution in [0.3, 0.4) is 0 Å². The van der Waals surface area contributed by atoms with E-state index in [-0.39, 0.29) is 12.4 Å². The molecule has 1 aromatic rings. The van der Waals surface area contributed by atoms with E-state index >= 15 is 0 Å². The Kier molecular flexibility index (Phi) is 4.23. The van der Waals surface area contributed by atoms with E-state index in [1.807, 2.05) is 0 Å². The van der Waals surface area contributed by atoms with E-state index in [1.54, 1.807) is 0 Å². The van der Waals surface area contributed by atoms with Crippen molar-refractivity contribution in [3.8, 4) is 0 Å². The highest BCUT2D eigenvalue weighted by molar-refractivity contribution is 5.23. The van der Waals surface area contributed by atoms with Crippen LogP contribution < -0.4 is 11.4 Å². The molecule has 0 spiro atoms. The molecule has 1 unspecified atom stereocenters. The van der Waals surface area contributed by atoms with Gasteiger partial charge in [-0.3, -0.25) is 4.57 Å². The van der Waals surface area contributed by atoms with Gasteiger partial charge in [0.25, 0.3) is 0 Å². The maximum Gasteiger partial charge on any atom is 0.349 e. The minimum Gasteiger partial charge on any atom is -0.396 e. The number of nitrogen functional groups attached to an aromatic ring is 1. The fraction of sp³-hybridized carbons (Fsp3) is 0.556. The number of aliphatic hydroxyl groups excluding tert-OH is 1. The predicted molar refractivity (Wildman–Crippen MR) is 54.2 cm³/mol. The molecule has 0 bridgehead atoms. The molecular weight excluding hydrogens is 201 g/mol. The maximum absolute atomic E-state index is 12.6. The zero-order valence-electron chi connectivity index (χ0n) is 8.27. The van der Waals surface area contributed by atoms with Crippen molar-refractivity contribution < 1.29 is 9.50 Å². The summed E-state index contributed by atoms with van der Waals surface area (Å²) < 4.78 is 13.8. The Bertz CT molecular complexity index is 367. The molecule has 0 saturated heterocycles. The van der Waals surface area contributed by atoms with Gasteiger partial charge in [-0.2, -0.15) is 4.98 Å². The first-order valence-corrected chi connectivity index (χ1v) is 4.70. The topological polar surface area (TPSA) is 81.1 Å². The summed E-state index contributed by atoms with van der Waals surface area (Å²) in [5.41, 5.74) is 4.75. The number of nitrogens with two attached hydrogens (primary N) is 1. The van der Waals surface area contributed by atoms with Crippen molar-refractivity contribution in [2.45, 2.75) is 18.9 Å². The van der Waals surface area contributed by atoms with Crippen molar-refractivity contribution in [1.29, 1.82) is 0 Å². The van der Waals surface area contributed by atoms with Gasteiger partial charge in [-0.25, -0.2) is 9.18 Å². The zero-order valence-corrected chi connectivity index (χ0v) is 8.27. The molecule has 5 nitrogen and oxygen atoms in total. The number of halogens is 1. The van der Waals surface area contributed by atoms with Crippen molar-refractivity contribution in [2.24, 2.45) is 0 Å². The number of nitrogens with zero attached hydrogens (tertiary/aromatic N) is 2. The van der Waals surface area contributed by atoms with Crippen LogP contribution in [0.15, 0.2) is 17.1 Å². The van der Waals surface area contributed by atoms with E-state index in [4.69, 9.17) is 10.8 Å². The third kappa shape index (κ3) is 3.02. The van der Waals surface area contributed by atoms with E-state index in [1.165, 1.54) is 16.8 Å². The highest BCUT2D eigenvalue weighted by Crippen LogP contribution is 2.11. The number of aromatic nitrogens is 2. The van der Waals surface area contributed by atoms with Crippen LogP contribution in [0.2, 0.25) is 0 Å². The monoisotopic (exact) mass is 215 g/mol.